The summed E-state index contributed by atoms with van der Waals surface area (Å²) in [6, 6.07) is 16.6. The molecule has 1 amide bonds. The molecule has 0 spiro atoms. The molecule has 138 valence electrons. The van der Waals surface area contributed by atoms with E-state index in [1.165, 1.54) is 6.33 Å². The lowest BCUT2D eigenvalue weighted by molar-refractivity contribution is -0.123. The smallest absolute Gasteiger partial charge is 0.258 e. The number of benzene rings is 1. The largest absolute Gasteiger partial charge is 0.484 e. The number of hydrogen-bond acceptors (Lipinski definition) is 7. The minimum absolute atomic E-state index is 0.0182. The van der Waals surface area contributed by atoms with E-state index in [9.17, 15) is 4.79 Å². The van der Waals surface area contributed by atoms with Crippen LogP contribution in [-0.4, -0.2) is 40.6 Å². The Bertz CT molecular complexity index is 845. The van der Waals surface area contributed by atoms with Crippen LogP contribution in [0.4, 0.5) is 17.5 Å². The molecule has 3 aromatic rings. The average molecular weight is 364 g/mol. The highest BCUT2D eigenvalue weighted by Gasteiger charge is 2.03. The summed E-state index contributed by atoms with van der Waals surface area (Å²) in [5, 5.41) is 9.01. The first-order valence-electron chi connectivity index (χ1n) is 8.48. The second-order valence-corrected chi connectivity index (χ2v) is 5.51. The number of ether oxygens (including phenoxy) is 1. The van der Waals surface area contributed by atoms with Crippen molar-refractivity contribution < 1.29 is 9.53 Å². The molecule has 2 aromatic heterocycles. The second-order valence-electron chi connectivity index (χ2n) is 5.51. The van der Waals surface area contributed by atoms with Gasteiger partial charge in [0.05, 0.1) is 0 Å². The molecule has 0 radical (unpaired) electrons. The molecular formula is C19H20N6O2. The third-order valence-corrected chi connectivity index (χ3v) is 3.45. The molecule has 0 atom stereocenters. The zero-order chi connectivity index (χ0) is 18.7. The van der Waals surface area contributed by atoms with Crippen molar-refractivity contribution in [2.75, 3.05) is 30.3 Å². The second kappa shape index (κ2) is 9.71. The molecular weight excluding hydrogens is 344 g/mol. The highest BCUT2D eigenvalue weighted by Crippen LogP contribution is 2.13. The lowest BCUT2D eigenvalue weighted by Crippen LogP contribution is -2.32. The lowest BCUT2D eigenvalue weighted by atomic mass is 10.3. The molecule has 0 aliphatic heterocycles. The van der Waals surface area contributed by atoms with E-state index in [1.807, 2.05) is 36.4 Å². The van der Waals surface area contributed by atoms with E-state index < -0.39 is 0 Å². The van der Waals surface area contributed by atoms with E-state index in [0.717, 1.165) is 0 Å². The number of nitrogens with one attached hydrogen (secondary N) is 3. The first-order chi connectivity index (χ1) is 13.3. The number of para-hydroxylation sites is 1. The molecule has 8 heteroatoms. The van der Waals surface area contributed by atoms with Crippen LogP contribution in [0.2, 0.25) is 0 Å². The fourth-order valence-electron chi connectivity index (χ4n) is 2.20. The minimum Gasteiger partial charge on any atom is -0.484 e. The van der Waals surface area contributed by atoms with E-state index in [1.54, 1.807) is 24.4 Å². The van der Waals surface area contributed by atoms with Gasteiger partial charge < -0.3 is 20.7 Å². The number of anilines is 3. The van der Waals surface area contributed by atoms with Crippen molar-refractivity contribution in [2.45, 2.75) is 0 Å². The average Bonchev–Trinajstić information content (AvgIpc) is 2.71. The molecule has 2 heterocycles. The number of hydrogen-bond donors (Lipinski definition) is 3. The molecule has 1 aromatic carbocycles. The summed E-state index contributed by atoms with van der Waals surface area (Å²) in [5.41, 5.74) is 0. The van der Waals surface area contributed by atoms with Gasteiger partial charge in [-0.15, -0.1) is 0 Å². The van der Waals surface area contributed by atoms with Gasteiger partial charge in [0.1, 0.15) is 29.5 Å². The van der Waals surface area contributed by atoms with E-state index in [4.69, 9.17) is 4.74 Å². The zero-order valence-corrected chi connectivity index (χ0v) is 14.6. The van der Waals surface area contributed by atoms with Gasteiger partial charge in [0.15, 0.2) is 6.61 Å². The maximum absolute atomic E-state index is 11.8. The Morgan fingerprint density at radius 2 is 1.70 bits per heavy atom. The first kappa shape index (κ1) is 18.1. The zero-order valence-electron chi connectivity index (χ0n) is 14.6. The van der Waals surface area contributed by atoms with Crippen molar-refractivity contribution in [3.05, 3.63) is 67.1 Å². The van der Waals surface area contributed by atoms with Gasteiger partial charge in [0.2, 0.25) is 0 Å². The number of rotatable bonds is 9. The lowest BCUT2D eigenvalue weighted by Gasteiger charge is -2.09. The number of pyridine rings is 1. The van der Waals surface area contributed by atoms with Crippen LogP contribution in [-0.2, 0) is 4.79 Å². The minimum atomic E-state index is -0.180. The standard InChI is InChI=1S/C19H20N6O2/c26-19(13-27-15-6-2-1-3-7-15)22-11-10-21-17-12-18(24-14-23-17)25-16-8-4-5-9-20-16/h1-9,12,14H,10-11,13H2,(H,22,26)(H2,20,21,23,24,25). The summed E-state index contributed by atoms with van der Waals surface area (Å²) >= 11 is 0. The Hall–Kier alpha value is -3.68. The summed E-state index contributed by atoms with van der Waals surface area (Å²) in [6.45, 7) is 0.955. The van der Waals surface area contributed by atoms with Crippen molar-refractivity contribution in [3.8, 4) is 5.75 Å². The molecule has 3 N–H and O–H groups in total. The van der Waals surface area contributed by atoms with Gasteiger partial charge in [-0.1, -0.05) is 24.3 Å². The SMILES string of the molecule is O=C(COc1ccccc1)NCCNc1cc(Nc2ccccn2)ncn1. The molecule has 0 aliphatic rings. The molecule has 0 fully saturated rings. The third kappa shape index (κ3) is 6.28. The van der Waals surface area contributed by atoms with Crippen LogP contribution < -0.4 is 20.7 Å². The topological polar surface area (TPSA) is 101 Å². The van der Waals surface area contributed by atoms with Crippen LogP contribution in [0.1, 0.15) is 0 Å². The van der Waals surface area contributed by atoms with Gasteiger partial charge in [-0.05, 0) is 24.3 Å². The Morgan fingerprint density at radius 3 is 2.52 bits per heavy atom. The maximum Gasteiger partial charge on any atom is 0.258 e. The molecule has 8 nitrogen and oxygen atoms in total. The highest BCUT2D eigenvalue weighted by atomic mass is 16.5. The number of carbonyl (C=O) groups is 1. The van der Waals surface area contributed by atoms with E-state index in [2.05, 4.69) is 30.9 Å². The van der Waals surface area contributed by atoms with Crippen molar-refractivity contribution >= 4 is 23.4 Å². The summed E-state index contributed by atoms with van der Waals surface area (Å²) in [6.07, 6.45) is 3.16. The summed E-state index contributed by atoms with van der Waals surface area (Å²) in [5.74, 6) is 2.47. The van der Waals surface area contributed by atoms with E-state index in [0.29, 0.717) is 36.3 Å². The first-order valence-corrected chi connectivity index (χ1v) is 8.48. The number of aromatic nitrogens is 3. The van der Waals surface area contributed by atoms with Gasteiger partial charge in [0.25, 0.3) is 5.91 Å². The third-order valence-electron chi connectivity index (χ3n) is 3.45. The predicted octanol–water partition coefficient (Wildman–Crippen LogP) is 2.22. The fourth-order valence-corrected chi connectivity index (χ4v) is 2.20. The van der Waals surface area contributed by atoms with Crippen molar-refractivity contribution in [2.24, 2.45) is 0 Å². The van der Waals surface area contributed by atoms with Crippen LogP contribution in [0.5, 0.6) is 5.75 Å². The maximum atomic E-state index is 11.8. The number of nitrogens with zero attached hydrogens (tertiary/aromatic N) is 3. The van der Waals surface area contributed by atoms with E-state index >= 15 is 0 Å². The van der Waals surface area contributed by atoms with Crippen molar-refractivity contribution in [1.29, 1.82) is 0 Å². The molecule has 0 unspecified atom stereocenters. The Labute approximate surface area is 157 Å². The molecule has 0 aliphatic carbocycles. The van der Waals surface area contributed by atoms with Crippen molar-refractivity contribution in [1.82, 2.24) is 20.3 Å². The summed E-state index contributed by atoms with van der Waals surface area (Å²) < 4.78 is 5.39. The van der Waals surface area contributed by atoms with Crippen LogP contribution in [0.25, 0.3) is 0 Å². The number of carbonyl (C=O) groups excluding carboxylic acids is 1. The van der Waals surface area contributed by atoms with Gasteiger partial charge in [0, 0.05) is 25.4 Å². The Morgan fingerprint density at radius 1 is 0.889 bits per heavy atom. The van der Waals surface area contributed by atoms with Crippen molar-refractivity contribution in [3.63, 3.8) is 0 Å². The molecule has 27 heavy (non-hydrogen) atoms. The van der Waals surface area contributed by atoms with Gasteiger partial charge in [-0.25, -0.2) is 15.0 Å². The van der Waals surface area contributed by atoms with E-state index in [-0.39, 0.29) is 12.5 Å². The van der Waals surface area contributed by atoms with Gasteiger partial charge in [-0.3, -0.25) is 4.79 Å². The van der Waals surface area contributed by atoms with Crippen LogP contribution in [0.15, 0.2) is 67.1 Å². The number of amides is 1. The van der Waals surface area contributed by atoms with Crippen LogP contribution in [0.3, 0.4) is 0 Å². The fraction of sp³-hybridized carbons (Fsp3) is 0.158. The van der Waals surface area contributed by atoms with Gasteiger partial charge in [-0.2, -0.15) is 0 Å². The van der Waals surface area contributed by atoms with Crippen LogP contribution in [0, 0.1) is 0 Å². The normalized spacial score (nSPS) is 10.1. The Balaban J connectivity index is 1.37. The predicted molar refractivity (Wildman–Crippen MR) is 103 cm³/mol. The quantitative estimate of drug-likeness (QED) is 0.501. The monoisotopic (exact) mass is 364 g/mol. The summed E-state index contributed by atoms with van der Waals surface area (Å²) in [4.78, 5) is 24.3. The Kier molecular flexibility index (Phi) is 6.52. The summed E-state index contributed by atoms with van der Waals surface area (Å²) in [7, 11) is 0. The highest BCUT2D eigenvalue weighted by molar-refractivity contribution is 5.77. The molecule has 0 bridgehead atoms. The van der Waals surface area contributed by atoms with Gasteiger partial charge >= 0.3 is 0 Å². The van der Waals surface area contributed by atoms with Crippen LogP contribution >= 0.6 is 0 Å². The molecule has 0 saturated heterocycles. The molecule has 0 saturated carbocycles. The molecule has 3 rings (SSSR count).